The van der Waals surface area contributed by atoms with Crippen LogP contribution in [0.5, 0.6) is 0 Å². The average Bonchev–Trinajstić information content (AvgIpc) is 3.50. The van der Waals surface area contributed by atoms with Gasteiger partial charge in [-0.25, -0.2) is 4.98 Å². The Bertz CT molecular complexity index is 1390. The number of benzene rings is 1. The topological polar surface area (TPSA) is 103 Å². The zero-order chi connectivity index (χ0) is 24.4. The van der Waals surface area contributed by atoms with Gasteiger partial charge in [0.15, 0.2) is 5.13 Å². The van der Waals surface area contributed by atoms with Crippen LogP contribution in [0.4, 0.5) is 5.13 Å². The summed E-state index contributed by atoms with van der Waals surface area (Å²) in [4.78, 5) is 40.9. The summed E-state index contributed by atoms with van der Waals surface area (Å²) in [7, 11) is 2.07. The fourth-order valence-electron chi connectivity index (χ4n) is 4.06. The van der Waals surface area contributed by atoms with E-state index < -0.39 is 0 Å². The average molecular weight is 487 g/mol. The molecule has 0 atom stereocenters. The van der Waals surface area contributed by atoms with Crippen LogP contribution in [0.2, 0.25) is 0 Å². The SMILES string of the molecule is Cc1cc(-c2cc(C(=O)NCc3cccc(C(=O)Nc4nc5c(s4)CCN(C)C5)c3)c[nH]2)ccn1. The molecule has 0 radical (unpaired) electrons. The first kappa shape index (κ1) is 22.9. The van der Waals surface area contributed by atoms with Crippen molar-refractivity contribution in [2.45, 2.75) is 26.4 Å². The van der Waals surface area contributed by atoms with Crippen molar-refractivity contribution < 1.29 is 9.59 Å². The summed E-state index contributed by atoms with van der Waals surface area (Å²) in [6.07, 6.45) is 4.39. The van der Waals surface area contributed by atoms with E-state index in [9.17, 15) is 9.59 Å². The lowest BCUT2D eigenvalue weighted by atomic mass is 10.1. The highest BCUT2D eigenvalue weighted by atomic mass is 32.1. The van der Waals surface area contributed by atoms with Crippen LogP contribution in [0.25, 0.3) is 11.3 Å². The predicted molar refractivity (Wildman–Crippen MR) is 136 cm³/mol. The van der Waals surface area contributed by atoms with Gasteiger partial charge in [0.25, 0.3) is 11.8 Å². The lowest BCUT2D eigenvalue weighted by molar-refractivity contribution is 0.0950. The van der Waals surface area contributed by atoms with E-state index in [1.165, 1.54) is 4.88 Å². The Morgan fingerprint density at radius 1 is 1.14 bits per heavy atom. The highest BCUT2D eigenvalue weighted by Crippen LogP contribution is 2.28. The Kier molecular flexibility index (Phi) is 6.43. The third-order valence-corrected chi connectivity index (χ3v) is 7.01. The number of likely N-dealkylation sites (N-methyl/N-ethyl adjacent to an activating group) is 1. The molecule has 9 heteroatoms. The zero-order valence-corrected chi connectivity index (χ0v) is 20.4. The lowest BCUT2D eigenvalue weighted by Gasteiger charge is -2.20. The molecular formula is C26H26N6O2S. The van der Waals surface area contributed by atoms with Gasteiger partial charge in [-0.05, 0) is 56.3 Å². The third-order valence-electron chi connectivity index (χ3n) is 5.93. The van der Waals surface area contributed by atoms with Gasteiger partial charge in [-0.1, -0.05) is 12.1 Å². The van der Waals surface area contributed by atoms with Crippen molar-refractivity contribution in [2.75, 3.05) is 18.9 Å². The minimum absolute atomic E-state index is 0.188. The summed E-state index contributed by atoms with van der Waals surface area (Å²) in [5, 5.41) is 6.48. The van der Waals surface area contributed by atoms with Crippen LogP contribution in [-0.4, -0.2) is 45.3 Å². The summed E-state index contributed by atoms with van der Waals surface area (Å²) in [5.41, 5.74) is 5.70. The fraction of sp³-hybridized carbons (Fsp3) is 0.231. The molecule has 2 amide bonds. The van der Waals surface area contributed by atoms with E-state index >= 15 is 0 Å². The molecule has 0 unspecified atom stereocenters. The van der Waals surface area contributed by atoms with Crippen molar-refractivity contribution in [1.82, 2.24) is 25.2 Å². The molecule has 1 aliphatic rings. The summed E-state index contributed by atoms with van der Waals surface area (Å²) >= 11 is 1.54. The second-order valence-electron chi connectivity index (χ2n) is 8.70. The van der Waals surface area contributed by atoms with Crippen LogP contribution in [0.1, 0.15) is 42.5 Å². The van der Waals surface area contributed by atoms with Crippen LogP contribution >= 0.6 is 11.3 Å². The highest BCUT2D eigenvalue weighted by molar-refractivity contribution is 7.15. The van der Waals surface area contributed by atoms with Crippen LogP contribution in [0.3, 0.4) is 0 Å². The number of H-pyrrole nitrogens is 1. The first-order valence-corrected chi connectivity index (χ1v) is 12.2. The number of thiazole rings is 1. The fourth-order valence-corrected chi connectivity index (χ4v) is 5.02. The quantitative estimate of drug-likeness (QED) is 0.382. The molecule has 35 heavy (non-hydrogen) atoms. The second-order valence-corrected chi connectivity index (χ2v) is 9.79. The van der Waals surface area contributed by atoms with Gasteiger partial charge in [0.05, 0.1) is 11.3 Å². The first-order chi connectivity index (χ1) is 16.9. The van der Waals surface area contributed by atoms with Crippen LogP contribution in [0.15, 0.2) is 54.9 Å². The van der Waals surface area contributed by atoms with Crippen LogP contribution in [0, 0.1) is 6.92 Å². The van der Waals surface area contributed by atoms with E-state index in [0.717, 1.165) is 47.7 Å². The van der Waals surface area contributed by atoms with Gasteiger partial charge in [0.1, 0.15) is 0 Å². The summed E-state index contributed by atoms with van der Waals surface area (Å²) in [6.45, 7) is 4.05. The Hall–Kier alpha value is -3.82. The molecule has 0 spiro atoms. The molecular weight excluding hydrogens is 460 g/mol. The normalized spacial score (nSPS) is 13.3. The molecule has 3 N–H and O–H groups in total. The second kappa shape index (κ2) is 9.81. The summed E-state index contributed by atoms with van der Waals surface area (Å²) in [6, 6.07) is 12.9. The largest absolute Gasteiger partial charge is 0.360 e. The van der Waals surface area contributed by atoms with E-state index in [1.807, 2.05) is 37.3 Å². The number of carbonyl (C=O) groups is 2. The minimum atomic E-state index is -0.208. The number of aryl methyl sites for hydroxylation is 1. The molecule has 0 fully saturated rings. The van der Waals surface area contributed by atoms with Crippen molar-refractivity contribution >= 4 is 28.3 Å². The van der Waals surface area contributed by atoms with Gasteiger partial charge in [0.2, 0.25) is 0 Å². The van der Waals surface area contributed by atoms with Gasteiger partial charge in [-0.15, -0.1) is 11.3 Å². The molecule has 0 saturated carbocycles. The van der Waals surface area contributed by atoms with E-state index in [-0.39, 0.29) is 11.8 Å². The number of rotatable bonds is 6. The standard InChI is InChI=1S/C26H26N6O2S/c1-16-10-18(6-8-27-16)21-12-20(14-28-21)24(33)29-13-17-4-3-5-19(11-17)25(34)31-26-30-22-15-32(2)9-7-23(22)35-26/h3-6,8,10-12,14,28H,7,9,13,15H2,1-2H3,(H,29,33)(H,30,31,34). The molecule has 1 aliphatic heterocycles. The minimum Gasteiger partial charge on any atom is -0.360 e. The van der Waals surface area contributed by atoms with E-state index in [1.54, 1.807) is 35.9 Å². The number of carbonyl (C=O) groups excluding carboxylic acids is 2. The number of aromatic amines is 1. The monoisotopic (exact) mass is 486 g/mol. The number of nitrogens with zero attached hydrogens (tertiary/aromatic N) is 3. The molecule has 4 aromatic rings. The number of pyridine rings is 1. The summed E-state index contributed by atoms with van der Waals surface area (Å²) in [5.74, 6) is -0.396. The van der Waals surface area contributed by atoms with Crippen molar-refractivity contribution in [2.24, 2.45) is 0 Å². The molecule has 4 heterocycles. The van der Waals surface area contributed by atoms with Gasteiger partial charge in [0, 0.05) is 59.4 Å². The lowest BCUT2D eigenvalue weighted by Crippen LogP contribution is -2.25. The highest BCUT2D eigenvalue weighted by Gasteiger charge is 2.19. The molecule has 178 valence electrons. The number of anilines is 1. The molecule has 5 rings (SSSR count). The van der Waals surface area contributed by atoms with Gasteiger partial charge < -0.3 is 15.2 Å². The van der Waals surface area contributed by atoms with Crippen molar-refractivity contribution in [3.63, 3.8) is 0 Å². The van der Waals surface area contributed by atoms with Gasteiger partial charge in [-0.3, -0.25) is 19.9 Å². The summed E-state index contributed by atoms with van der Waals surface area (Å²) < 4.78 is 0. The van der Waals surface area contributed by atoms with E-state index in [0.29, 0.717) is 22.8 Å². The van der Waals surface area contributed by atoms with Crippen molar-refractivity contribution in [1.29, 1.82) is 0 Å². The maximum Gasteiger partial charge on any atom is 0.257 e. The number of hydrogen-bond donors (Lipinski definition) is 3. The maximum atomic E-state index is 12.8. The van der Waals surface area contributed by atoms with E-state index in [4.69, 9.17) is 0 Å². The molecule has 0 aliphatic carbocycles. The van der Waals surface area contributed by atoms with Crippen LogP contribution < -0.4 is 10.6 Å². The zero-order valence-electron chi connectivity index (χ0n) is 19.6. The molecule has 0 bridgehead atoms. The Morgan fingerprint density at radius 2 is 2.03 bits per heavy atom. The Balaban J connectivity index is 1.20. The van der Waals surface area contributed by atoms with Gasteiger partial charge in [-0.2, -0.15) is 0 Å². The number of hydrogen-bond acceptors (Lipinski definition) is 6. The van der Waals surface area contributed by atoms with Gasteiger partial charge >= 0.3 is 0 Å². The molecule has 0 saturated heterocycles. The maximum absolute atomic E-state index is 12.8. The first-order valence-electron chi connectivity index (χ1n) is 11.4. The third kappa shape index (κ3) is 5.31. The number of fused-ring (bicyclic) bond motifs is 1. The van der Waals surface area contributed by atoms with Crippen molar-refractivity contribution in [3.05, 3.63) is 87.8 Å². The van der Waals surface area contributed by atoms with Crippen LogP contribution in [-0.2, 0) is 19.5 Å². The smallest absolute Gasteiger partial charge is 0.257 e. The molecule has 3 aromatic heterocycles. The molecule has 1 aromatic carbocycles. The van der Waals surface area contributed by atoms with Crippen molar-refractivity contribution in [3.8, 4) is 11.3 Å². The number of amides is 2. The number of aromatic nitrogens is 3. The van der Waals surface area contributed by atoms with E-state index in [2.05, 4.69) is 37.5 Å². The number of nitrogens with one attached hydrogen (secondary N) is 3. The Morgan fingerprint density at radius 3 is 2.89 bits per heavy atom. The Labute approximate surface area is 207 Å². The molecule has 8 nitrogen and oxygen atoms in total. The predicted octanol–water partition coefficient (Wildman–Crippen LogP) is 4.01.